The van der Waals surface area contributed by atoms with Crippen molar-refractivity contribution in [3.8, 4) is 17.1 Å². The topological polar surface area (TPSA) is 84.1 Å². The number of benzene rings is 1. The van der Waals surface area contributed by atoms with Crippen LogP contribution in [0.25, 0.3) is 11.4 Å². The molecule has 66 valence electrons. The van der Waals surface area contributed by atoms with E-state index in [-0.39, 0.29) is 5.75 Å². The van der Waals surface area contributed by atoms with Crippen molar-refractivity contribution in [3.63, 3.8) is 0 Å². The van der Waals surface area contributed by atoms with E-state index in [4.69, 9.17) is 10.3 Å². The van der Waals surface area contributed by atoms with Gasteiger partial charge < -0.3 is 10.3 Å². The number of tetrazole rings is 1. The molecule has 1 heterocycles. The fourth-order valence-electron chi connectivity index (χ4n) is 0.933. The summed E-state index contributed by atoms with van der Waals surface area (Å²) in [5.41, 5.74) is 0.679. The molecule has 6 nitrogen and oxygen atoms in total. The van der Waals surface area contributed by atoms with Crippen LogP contribution in [-0.2, 0) is 0 Å². The molecule has 1 aromatic carbocycles. The molecule has 0 unspecified atom stereocenters. The molecule has 2 aromatic rings. The quantitative estimate of drug-likeness (QED) is 0.613. The van der Waals surface area contributed by atoms with E-state index in [1.165, 1.54) is 12.1 Å². The number of phenols is 1. The summed E-state index contributed by atoms with van der Waals surface area (Å²) in [4.78, 5) is 0.391. The first-order valence-corrected chi connectivity index (χ1v) is 3.54. The Morgan fingerprint density at radius 1 is 1.15 bits per heavy atom. The Balaban J connectivity index is 2.41. The average molecular weight is 178 g/mol. The molecule has 0 radical (unpaired) electrons. The summed E-state index contributed by atoms with van der Waals surface area (Å²) in [5, 5.41) is 28.2. The number of phenolic OH excluding ortho intramolecular Hbond substituents is 1. The third-order valence-corrected chi connectivity index (χ3v) is 1.53. The number of aromatic nitrogens is 4. The van der Waals surface area contributed by atoms with Gasteiger partial charge in [0.05, 0.1) is 0 Å². The van der Waals surface area contributed by atoms with E-state index in [0.717, 1.165) is 0 Å². The maximum Gasteiger partial charge on any atom is 0.208 e. The van der Waals surface area contributed by atoms with Crippen molar-refractivity contribution in [2.45, 2.75) is 0 Å². The van der Waals surface area contributed by atoms with Gasteiger partial charge in [-0.3, -0.25) is 0 Å². The fraction of sp³-hybridized carbons (Fsp3) is 0. The van der Waals surface area contributed by atoms with Crippen molar-refractivity contribution in [1.29, 1.82) is 0 Å². The van der Waals surface area contributed by atoms with Crippen molar-refractivity contribution in [2.24, 2.45) is 0 Å². The van der Waals surface area contributed by atoms with Crippen LogP contribution in [0.15, 0.2) is 24.3 Å². The molecular weight excluding hydrogens is 172 g/mol. The van der Waals surface area contributed by atoms with Gasteiger partial charge >= 0.3 is 0 Å². The summed E-state index contributed by atoms with van der Waals surface area (Å²) in [7, 11) is 0. The molecule has 1 aromatic heterocycles. The molecule has 13 heavy (non-hydrogen) atoms. The number of hydrogen-bond donors (Lipinski definition) is 2. The SMILES string of the molecule is Oc1ccc(-c2nnn(O)n2)cc1. The smallest absolute Gasteiger partial charge is 0.208 e. The molecule has 2 rings (SSSR count). The second-order valence-electron chi connectivity index (χ2n) is 2.43. The van der Waals surface area contributed by atoms with Gasteiger partial charge in [-0.15, -0.1) is 5.10 Å². The minimum atomic E-state index is 0.167. The van der Waals surface area contributed by atoms with Gasteiger partial charge in [0.2, 0.25) is 5.82 Å². The minimum absolute atomic E-state index is 0.167. The first-order chi connectivity index (χ1) is 6.25. The van der Waals surface area contributed by atoms with Gasteiger partial charge in [0, 0.05) is 10.5 Å². The Kier molecular flexibility index (Phi) is 1.59. The lowest BCUT2D eigenvalue weighted by Crippen LogP contribution is -1.93. The van der Waals surface area contributed by atoms with Crippen molar-refractivity contribution < 1.29 is 10.3 Å². The molecule has 0 amide bonds. The molecule has 0 aliphatic rings. The van der Waals surface area contributed by atoms with E-state index in [0.29, 0.717) is 16.3 Å². The highest BCUT2D eigenvalue weighted by molar-refractivity contribution is 5.54. The van der Waals surface area contributed by atoms with Gasteiger partial charge in [-0.05, 0) is 29.5 Å². The van der Waals surface area contributed by atoms with Gasteiger partial charge in [-0.25, -0.2) is 0 Å². The lowest BCUT2D eigenvalue weighted by molar-refractivity contribution is 0.107. The molecule has 0 bridgehead atoms. The van der Waals surface area contributed by atoms with E-state index < -0.39 is 0 Å². The van der Waals surface area contributed by atoms with Gasteiger partial charge in [-0.2, -0.15) is 0 Å². The third kappa shape index (κ3) is 1.41. The van der Waals surface area contributed by atoms with Crippen LogP contribution in [-0.4, -0.2) is 30.7 Å². The zero-order valence-electron chi connectivity index (χ0n) is 6.49. The summed E-state index contributed by atoms with van der Waals surface area (Å²) in [6.07, 6.45) is 0. The lowest BCUT2D eigenvalue weighted by Gasteiger charge is -1.93. The highest BCUT2D eigenvalue weighted by atomic mass is 16.5. The van der Waals surface area contributed by atoms with Crippen LogP contribution in [0.2, 0.25) is 0 Å². The Hall–Kier alpha value is -2.11. The highest BCUT2D eigenvalue weighted by Gasteiger charge is 2.03. The predicted molar refractivity (Wildman–Crippen MR) is 42.1 cm³/mol. The van der Waals surface area contributed by atoms with Crippen LogP contribution in [0.3, 0.4) is 0 Å². The Labute approximate surface area is 73.0 Å². The summed E-state index contributed by atoms with van der Waals surface area (Å²) in [6, 6.07) is 6.28. The van der Waals surface area contributed by atoms with E-state index in [9.17, 15) is 0 Å². The molecule has 0 atom stereocenters. The standard InChI is InChI=1S/C7H6N4O2/c12-6-3-1-5(2-4-6)7-8-10-11(13)9-7/h1-4,12-13H. The van der Waals surface area contributed by atoms with E-state index in [1.54, 1.807) is 12.1 Å². The number of rotatable bonds is 1. The average Bonchev–Trinajstić information content (AvgIpc) is 2.53. The molecule has 0 saturated carbocycles. The molecule has 0 spiro atoms. The minimum Gasteiger partial charge on any atom is -0.508 e. The van der Waals surface area contributed by atoms with Crippen LogP contribution in [0.1, 0.15) is 0 Å². The molecule has 0 fully saturated rings. The molecule has 6 heteroatoms. The molecule has 0 saturated heterocycles. The van der Waals surface area contributed by atoms with Crippen molar-refractivity contribution in [1.82, 2.24) is 20.4 Å². The lowest BCUT2D eigenvalue weighted by atomic mass is 10.2. The van der Waals surface area contributed by atoms with Crippen molar-refractivity contribution >= 4 is 0 Å². The van der Waals surface area contributed by atoms with E-state index in [2.05, 4.69) is 15.4 Å². The second-order valence-corrected chi connectivity index (χ2v) is 2.43. The van der Waals surface area contributed by atoms with E-state index in [1.807, 2.05) is 0 Å². The number of aromatic hydroxyl groups is 1. The van der Waals surface area contributed by atoms with Crippen LogP contribution >= 0.6 is 0 Å². The van der Waals surface area contributed by atoms with Gasteiger partial charge in [0.15, 0.2) is 0 Å². The first kappa shape index (κ1) is 7.53. The summed E-state index contributed by atoms with van der Waals surface area (Å²) in [6.45, 7) is 0. The number of nitrogens with zero attached hydrogens (tertiary/aromatic N) is 4. The van der Waals surface area contributed by atoms with Crippen LogP contribution in [0, 0.1) is 0 Å². The predicted octanol–water partition coefficient (Wildman–Crippen LogP) is 0.283. The highest BCUT2D eigenvalue weighted by Crippen LogP contribution is 2.16. The Morgan fingerprint density at radius 3 is 2.38 bits per heavy atom. The van der Waals surface area contributed by atoms with Crippen molar-refractivity contribution in [2.75, 3.05) is 0 Å². The molecule has 2 N–H and O–H groups in total. The molecule has 0 aliphatic heterocycles. The van der Waals surface area contributed by atoms with Gasteiger partial charge in [0.1, 0.15) is 5.75 Å². The zero-order chi connectivity index (χ0) is 9.26. The number of hydrogen-bond acceptors (Lipinski definition) is 5. The van der Waals surface area contributed by atoms with Crippen LogP contribution < -0.4 is 0 Å². The zero-order valence-corrected chi connectivity index (χ0v) is 6.49. The maximum atomic E-state index is 9.00. The Morgan fingerprint density at radius 2 is 1.85 bits per heavy atom. The second kappa shape index (κ2) is 2.74. The summed E-state index contributed by atoms with van der Waals surface area (Å²) < 4.78 is 0. The summed E-state index contributed by atoms with van der Waals surface area (Å²) in [5.74, 6) is 0.475. The normalized spacial score (nSPS) is 10.2. The van der Waals surface area contributed by atoms with Crippen molar-refractivity contribution in [3.05, 3.63) is 24.3 Å². The summed E-state index contributed by atoms with van der Waals surface area (Å²) >= 11 is 0. The first-order valence-electron chi connectivity index (χ1n) is 3.54. The Bertz CT molecular complexity index is 409. The third-order valence-electron chi connectivity index (χ3n) is 1.53. The van der Waals surface area contributed by atoms with E-state index >= 15 is 0 Å². The van der Waals surface area contributed by atoms with Crippen LogP contribution in [0.5, 0.6) is 5.75 Å². The fourth-order valence-corrected chi connectivity index (χ4v) is 0.933. The largest absolute Gasteiger partial charge is 0.508 e. The maximum absolute atomic E-state index is 9.00. The monoisotopic (exact) mass is 178 g/mol. The molecular formula is C7H6N4O2. The van der Waals surface area contributed by atoms with Gasteiger partial charge in [0.25, 0.3) is 0 Å². The van der Waals surface area contributed by atoms with Gasteiger partial charge in [-0.1, -0.05) is 5.10 Å². The van der Waals surface area contributed by atoms with Crippen LogP contribution in [0.4, 0.5) is 0 Å². The molecule has 0 aliphatic carbocycles.